The Kier molecular flexibility index (Phi) is 7.61. The second kappa shape index (κ2) is 10.6. The van der Waals surface area contributed by atoms with Crippen molar-refractivity contribution in [2.45, 2.75) is 71.3 Å². The number of aromatic nitrogens is 1. The van der Waals surface area contributed by atoms with Gasteiger partial charge in [0.15, 0.2) is 0 Å². The van der Waals surface area contributed by atoms with Crippen molar-refractivity contribution >= 4 is 23.2 Å². The number of likely N-dealkylation sites (tertiary alicyclic amines) is 1. The summed E-state index contributed by atoms with van der Waals surface area (Å²) >= 11 is 1.48. The molecule has 172 valence electrons. The van der Waals surface area contributed by atoms with Gasteiger partial charge in [-0.1, -0.05) is 62.9 Å². The van der Waals surface area contributed by atoms with E-state index in [-0.39, 0.29) is 17.7 Å². The highest BCUT2D eigenvalue weighted by Gasteiger charge is 2.32. The molecule has 0 spiro atoms. The third kappa shape index (κ3) is 5.40. The molecule has 1 atom stereocenters. The van der Waals surface area contributed by atoms with Crippen LogP contribution in [0, 0.1) is 18.8 Å². The molecule has 1 unspecified atom stereocenters. The van der Waals surface area contributed by atoms with Gasteiger partial charge in [0.1, 0.15) is 9.88 Å². The summed E-state index contributed by atoms with van der Waals surface area (Å²) in [6, 6.07) is 10.4. The Hall–Kier alpha value is -2.21. The molecule has 1 N–H and O–H groups in total. The number of hydrogen-bond donors (Lipinski definition) is 1. The third-order valence-electron chi connectivity index (χ3n) is 7.16. The average molecular weight is 454 g/mol. The molecule has 5 nitrogen and oxygen atoms in total. The van der Waals surface area contributed by atoms with Gasteiger partial charge in [0.2, 0.25) is 5.91 Å². The minimum absolute atomic E-state index is 0.00493. The molecule has 4 rings (SSSR count). The number of nitrogens with zero attached hydrogens (tertiary/aromatic N) is 2. The topological polar surface area (TPSA) is 62.3 Å². The normalized spacial score (nSPS) is 19.4. The van der Waals surface area contributed by atoms with Crippen LogP contribution in [-0.2, 0) is 4.79 Å². The third-order valence-corrected chi connectivity index (χ3v) is 8.36. The minimum Gasteiger partial charge on any atom is -0.353 e. The molecule has 1 aliphatic heterocycles. The Morgan fingerprint density at radius 3 is 2.34 bits per heavy atom. The summed E-state index contributed by atoms with van der Waals surface area (Å²) in [4.78, 5) is 33.4. The van der Waals surface area contributed by atoms with Gasteiger partial charge in [0.05, 0.1) is 5.69 Å². The van der Waals surface area contributed by atoms with Gasteiger partial charge in [-0.05, 0) is 38.5 Å². The molecule has 1 aliphatic carbocycles. The van der Waals surface area contributed by atoms with E-state index in [0.29, 0.717) is 25.0 Å². The highest BCUT2D eigenvalue weighted by molar-refractivity contribution is 7.17. The van der Waals surface area contributed by atoms with Crippen molar-refractivity contribution in [2.24, 2.45) is 11.8 Å². The average Bonchev–Trinajstić information content (AvgIpc) is 3.03. The lowest BCUT2D eigenvalue weighted by Crippen LogP contribution is -2.44. The van der Waals surface area contributed by atoms with Gasteiger partial charge in [-0.15, -0.1) is 11.3 Å². The monoisotopic (exact) mass is 453 g/mol. The lowest BCUT2D eigenvalue weighted by molar-refractivity contribution is -0.127. The zero-order valence-corrected chi connectivity index (χ0v) is 20.1. The van der Waals surface area contributed by atoms with Crippen molar-refractivity contribution in [2.75, 3.05) is 13.1 Å². The fraction of sp³-hybridized carbons (Fsp3) is 0.577. The van der Waals surface area contributed by atoms with Crippen molar-refractivity contribution in [3.63, 3.8) is 0 Å². The van der Waals surface area contributed by atoms with E-state index in [2.05, 4.69) is 17.2 Å². The molecule has 2 aliphatic rings. The molecular formula is C26H35N3O2S. The van der Waals surface area contributed by atoms with Crippen LogP contribution in [0.2, 0.25) is 0 Å². The molecule has 1 saturated carbocycles. The molecule has 0 radical (unpaired) electrons. The molecule has 2 amide bonds. The maximum Gasteiger partial charge on any atom is 0.265 e. The van der Waals surface area contributed by atoms with E-state index in [9.17, 15) is 9.59 Å². The van der Waals surface area contributed by atoms with Gasteiger partial charge in [-0.25, -0.2) is 4.98 Å². The number of carbonyl (C=O) groups is 2. The molecular weight excluding hydrogens is 418 g/mol. The lowest BCUT2D eigenvalue weighted by Gasteiger charge is -2.34. The highest BCUT2D eigenvalue weighted by atomic mass is 32.1. The number of thiazole rings is 1. The van der Waals surface area contributed by atoms with Crippen molar-refractivity contribution < 1.29 is 9.59 Å². The molecule has 1 aromatic heterocycles. The van der Waals surface area contributed by atoms with Crippen LogP contribution in [0.5, 0.6) is 0 Å². The van der Waals surface area contributed by atoms with E-state index in [1.807, 2.05) is 42.2 Å². The summed E-state index contributed by atoms with van der Waals surface area (Å²) in [6.07, 6.45) is 9.03. The van der Waals surface area contributed by atoms with Crippen molar-refractivity contribution in [3.8, 4) is 10.6 Å². The van der Waals surface area contributed by atoms with Crippen LogP contribution in [0.1, 0.15) is 73.7 Å². The molecule has 1 aromatic carbocycles. The summed E-state index contributed by atoms with van der Waals surface area (Å²) in [5.74, 6) is 0.626. The Morgan fingerprint density at radius 2 is 1.69 bits per heavy atom. The second-order valence-electron chi connectivity index (χ2n) is 9.41. The number of nitrogens with one attached hydrogen (secondary N) is 1. The Morgan fingerprint density at radius 1 is 1.03 bits per heavy atom. The molecule has 2 aromatic rings. The van der Waals surface area contributed by atoms with Gasteiger partial charge >= 0.3 is 0 Å². The summed E-state index contributed by atoms with van der Waals surface area (Å²) in [6.45, 7) is 5.40. The van der Waals surface area contributed by atoms with E-state index >= 15 is 0 Å². The maximum absolute atomic E-state index is 13.2. The number of rotatable bonds is 5. The quantitative estimate of drug-likeness (QED) is 0.613. The fourth-order valence-electron chi connectivity index (χ4n) is 5.02. The standard InChI is InChI=1S/C26H35N3O2S/c1-18(24(30)28-22-12-8-3-4-9-13-22)20-14-16-29(17-15-20)26(31)23-19(2)27-25(32-23)21-10-6-5-7-11-21/h5-7,10-11,18,20,22H,3-4,8-9,12-17H2,1-2H3,(H,28,30). The van der Waals surface area contributed by atoms with Crippen molar-refractivity contribution in [3.05, 3.63) is 40.9 Å². The zero-order chi connectivity index (χ0) is 22.5. The Bertz CT molecular complexity index is 910. The number of piperidine rings is 1. The van der Waals surface area contributed by atoms with Gasteiger partial charge in [0, 0.05) is 30.6 Å². The van der Waals surface area contributed by atoms with Gasteiger partial charge in [-0.2, -0.15) is 0 Å². The molecule has 1 saturated heterocycles. The second-order valence-corrected chi connectivity index (χ2v) is 10.4. The van der Waals surface area contributed by atoms with Gasteiger partial charge in [0.25, 0.3) is 5.91 Å². The van der Waals surface area contributed by atoms with E-state index in [4.69, 9.17) is 0 Å². The number of amides is 2. The Labute approximate surface area is 195 Å². The van der Waals surface area contributed by atoms with Gasteiger partial charge in [-0.3, -0.25) is 9.59 Å². The minimum atomic E-state index is 0.00493. The number of carbonyl (C=O) groups excluding carboxylic acids is 2. The lowest BCUT2D eigenvalue weighted by atomic mass is 9.84. The van der Waals surface area contributed by atoms with Crippen molar-refractivity contribution in [1.29, 1.82) is 0 Å². The van der Waals surface area contributed by atoms with Crippen molar-refractivity contribution in [1.82, 2.24) is 15.2 Å². The van der Waals surface area contributed by atoms with Crippen LogP contribution in [0.25, 0.3) is 10.6 Å². The summed E-state index contributed by atoms with van der Waals surface area (Å²) in [5.41, 5.74) is 1.85. The largest absolute Gasteiger partial charge is 0.353 e. The summed E-state index contributed by atoms with van der Waals surface area (Å²) < 4.78 is 0. The predicted octanol–water partition coefficient (Wildman–Crippen LogP) is 5.45. The van der Waals surface area contributed by atoms with E-state index < -0.39 is 0 Å². The summed E-state index contributed by atoms with van der Waals surface area (Å²) in [5, 5.41) is 4.21. The molecule has 2 fully saturated rings. The van der Waals surface area contributed by atoms with E-state index in [1.165, 1.54) is 37.0 Å². The Balaban J connectivity index is 1.32. The SMILES string of the molecule is Cc1nc(-c2ccccc2)sc1C(=O)N1CCC(C(C)C(=O)NC2CCCCCC2)CC1. The number of aryl methyl sites for hydroxylation is 1. The zero-order valence-electron chi connectivity index (χ0n) is 19.3. The van der Waals surface area contributed by atoms with Crippen LogP contribution in [0.15, 0.2) is 30.3 Å². The van der Waals surface area contributed by atoms with Crippen LogP contribution in [-0.4, -0.2) is 40.8 Å². The number of hydrogen-bond acceptors (Lipinski definition) is 4. The first kappa shape index (κ1) is 23.0. The predicted molar refractivity (Wildman–Crippen MR) is 130 cm³/mol. The molecule has 32 heavy (non-hydrogen) atoms. The fourth-order valence-corrected chi connectivity index (χ4v) is 6.06. The van der Waals surface area contributed by atoms with Crippen LogP contribution < -0.4 is 5.32 Å². The first-order valence-electron chi connectivity index (χ1n) is 12.2. The first-order valence-corrected chi connectivity index (χ1v) is 13.0. The highest BCUT2D eigenvalue weighted by Crippen LogP contribution is 2.31. The summed E-state index contributed by atoms with van der Waals surface area (Å²) in [7, 11) is 0. The van der Waals surface area contributed by atoms with E-state index in [0.717, 1.165) is 46.8 Å². The smallest absolute Gasteiger partial charge is 0.265 e. The van der Waals surface area contributed by atoms with Crippen LogP contribution in [0.4, 0.5) is 0 Å². The van der Waals surface area contributed by atoms with Crippen LogP contribution >= 0.6 is 11.3 Å². The number of benzene rings is 1. The molecule has 2 heterocycles. The maximum atomic E-state index is 13.2. The van der Waals surface area contributed by atoms with Gasteiger partial charge < -0.3 is 10.2 Å². The molecule has 6 heteroatoms. The first-order chi connectivity index (χ1) is 15.5. The van der Waals surface area contributed by atoms with Crippen LogP contribution in [0.3, 0.4) is 0 Å². The molecule has 0 bridgehead atoms. The van der Waals surface area contributed by atoms with E-state index in [1.54, 1.807) is 0 Å².